The number of amides is 1. The minimum atomic E-state index is -0.329. The first-order valence-electron chi connectivity index (χ1n) is 6.88. The average Bonchev–Trinajstić information content (AvgIpc) is 3.02. The second-order valence-electron chi connectivity index (χ2n) is 4.71. The van der Waals surface area contributed by atoms with E-state index in [1.165, 1.54) is 35.6 Å². The smallest absolute Gasteiger partial charge is 0.257 e. The number of halogens is 2. The normalized spacial score (nSPS) is 10.4. The van der Waals surface area contributed by atoms with Gasteiger partial charge in [-0.2, -0.15) is 0 Å². The van der Waals surface area contributed by atoms with Crippen molar-refractivity contribution in [3.8, 4) is 5.75 Å². The van der Waals surface area contributed by atoms with Gasteiger partial charge in [0.2, 0.25) is 5.13 Å². The van der Waals surface area contributed by atoms with Crippen LogP contribution in [0.1, 0.15) is 15.4 Å². The number of ether oxygens (including phenoxy) is 1. The van der Waals surface area contributed by atoms with Gasteiger partial charge in [-0.1, -0.05) is 29.0 Å². The molecule has 0 aliphatic carbocycles. The standard InChI is InChI=1S/C16H11ClFN3O2S/c17-11-3-1-2-10(8-11)15(22)19-16-21-20-14(24-16)9-23-13-6-4-12(18)5-7-13/h1-8H,9H2,(H,19,21,22). The molecule has 122 valence electrons. The highest BCUT2D eigenvalue weighted by molar-refractivity contribution is 7.15. The van der Waals surface area contributed by atoms with Crippen molar-refractivity contribution in [2.24, 2.45) is 0 Å². The van der Waals surface area contributed by atoms with Crippen molar-refractivity contribution in [1.82, 2.24) is 10.2 Å². The zero-order chi connectivity index (χ0) is 16.9. The van der Waals surface area contributed by atoms with Gasteiger partial charge in [-0.05, 0) is 42.5 Å². The van der Waals surface area contributed by atoms with Gasteiger partial charge in [-0.25, -0.2) is 4.39 Å². The topological polar surface area (TPSA) is 64.1 Å². The fraction of sp³-hybridized carbons (Fsp3) is 0.0625. The number of carbonyl (C=O) groups excluding carboxylic acids is 1. The van der Waals surface area contributed by atoms with Crippen LogP contribution in [0, 0.1) is 5.82 Å². The second-order valence-corrected chi connectivity index (χ2v) is 6.21. The molecule has 0 saturated carbocycles. The van der Waals surface area contributed by atoms with Gasteiger partial charge in [0.15, 0.2) is 5.01 Å². The Bertz CT molecular complexity index is 855. The molecule has 0 fully saturated rings. The van der Waals surface area contributed by atoms with Crippen molar-refractivity contribution in [2.45, 2.75) is 6.61 Å². The Kier molecular flexibility index (Phi) is 5.02. The molecule has 0 aliphatic rings. The van der Waals surface area contributed by atoms with E-state index >= 15 is 0 Å². The monoisotopic (exact) mass is 363 g/mol. The summed E-state index contributed by atoms with van der Waals surface area (Å²) in [5.74, 6) is -0.125. The summed E-state index contributed by atoms with van der Waals surface area (Å²) >= 11 is 7.06. The van der Waals surface area contributed by atoms with E-state index in [0.29, 0.717) is 26.5 Å². The molecular weight excluding hydrogens is 353 g/mol. The van der Waals surface area contributed by atoms with E-state index in [2.05, 4.69) is 15.5 Å². The fourth-order valence-electron chi connectivity index (χ4n) is 1.84. The molecule has 8 heteroatoms. The average molecular weight is 364 g/mol. The van der Waals surface area contributed by atoms with Crippen LogP contribution in [-0.2, 0) is 6.61 Å². The van der Waals surface area contributed by atoms with E-state index in [4.69, 9.17) is 16.3 Å². The third-order valence-corrected chi connectivity index (χ3v) is 4.00. The molecule has 1 N–H and O–H groups in total. The number of rotatable bonds is 5. The quantitative estimate of drug-likeness (QED) is 0.739. The molecule has 1 heterocycles. The Morgan fingerprint density at radius 1 is 1.21 bits per heavy atom. The van der Waals surface area contributed by atoms with Gasteiger partial charge < -0.3 is 4.74 Å². The Morgan fingerprint density at radius 2 is 2.00 bits per heavy atom. The minimum Gasteiger partial charge on any atom is -0.486 e. The van der Waals surface area contributed by atoms with Gasteiger partial charge in [-0.15, -0.1) is 10.2 Å². The van der Waals surface area contributed by atoms with Crippen molar-refractivity contribution in [3.05, 3.63) is 69.9 Å². The summed E-state index contributed by atoms with van der Waals surface area (Å²) in [5, 5.41) is 11.9. The molecule has 1 amide bonds. The van der Waals surface area contributed by atoms with Gasteiger partial charge in [-0.3, -0.25) is 10.1 Å². The summed E-state index contributed by atoms with van der Waals surface area (Å²) in [6.45, 7) is 0.177. The van der Waals surface area contributed by atoms with Crippen LogP contribution in [0.3, 0.4) is 0 Å². The van der Waals surface area contributed by atoms with Gasteiger partial charge in [0.1, 0.15) is 18.2 Å². The van der Waals surface area contributed by atoms with Gasteiger partial charge in [0, 0.05) is 10.6 Å². The molecule has 0 spiro atoms. The summed E-state index contributed by atoms with van der Waals surface area (Å²) in [6.07, 6.45) is 0. The van der Waals surface area contributed by atoms with Crippen molar-refractivity contribution < 1.29 is 13.9 Å². The van der Waals surface area contributed by atoms with Gasteiger partial charge in [0.05, 0.1) is 0 Å². The number of hydrogen-bond acceptors (Lipinski definition) is 5. The maximum Gasteiger partial charge on any atom is 0.257 e. The first-order valence-corrected chi connectivity index (χ1v) is 8.07. The maximum absolute atomic E-state index is 12.8. The minimum absolute atomic E-state index is 0.177. The summed E-state index contributed by atoms with van der Waals surface area (Å²) in [7, 11) is 0. The number of nitrogens with zero attached hydrogens (tertiary/aromatic N) is 2. The molecule has 2 aromatic carbocycles. The number of carbonyl (C=O) groups is 1. The predicted molar refractivity (Wildman–Crippen MR) is 90.0 cm³/mol. The van der Waals surface area contributed by atoms with Crippen molar-refractivity contribution in [3.63, 3.8) is 0 Å². The van der Waals surface area contributed by atoms with Crippen LogP contribution in [0.5, 0.6) is 5.75 Å². The summed E-state index contributed by atoms with van der Waals surface area (Å²) in [6, 6.07) is 12.3. The van der Waals surface area contributed by atoms with Crippen LogP contribution in [0.2, 0.25) is 5.02 Å². The highest BCUT2D eigenvalue weighted by Crippen LogP contribution is 2.20. The largest absolute Gasteiger partial charge is 0.486 e. The highest BCUT2D eigenvalue weighted by Gasteiger charge is 2.11. The van der Waals surface area contributed by atoms with Crippen molar-refractivity contribution in [1.29, 1.82) is 0 Å². The summed E-state index contributed by atoms with van der Waals surface area (Å²) in [4.78, 5) is 12.1. The first kappa shape index (κ1) is 16.4. The molecule has 0 atom stereocenters. The third kappa shape index (κ3) is 4.27. The molecule has 0 saturated heterocycles. The first-order chi connectivity index (χ1) is 11.6. The number of benzene rings is 2. The number of anilines is 1. The van der Waals surface area contributed by atoms with Crippen LogP contribution < -0.4 is 10.1 Å². The van der Waals surface area contributed by atoms with E-state index in [1.54, 1.807) is 24.3 Å². The van der Waals surface area contributed by atoms with Crippen molar-refractivity contribution >= 4 is 34.0 Å². The van der Waals surface area contributed by atoms with Crippen LogP contribution in [0.4, 0.5) is 9.52 Å². The lowest BCUT2D eigenvalue weighted by Crippen LogP contribution is -2.11. The number of hydrogen-bond donors (Lipinski definition) is 1. The zero-order valence-corrected chi connectivity index (χ0v) is 13.8. The fourth-order valence-corrected chi connectivity index (χ4v) is 2.68. The third-order valence-electron chi connectivity index (χ3n) is 2.95. The van der Waals surface area contributed by atoms with E-state index in [0.717, 1.165) is 0 Å². The Morgan fingerprint density at radius 3 is 2.75 bits per heavy atom. The Balaban J connectivity index is 1.59. The summed E-state index contributed by atoms with van der Waals surface area (Å²) in [5.41, 5.74) is 0.432. The van der Waals surface area contributed by atoms with Gasteiger partial charge >= 0.3 is 0 Å². The van der Waals surface area contributed by atoms with E-state index < -0.39 is 0 Å². The molecule has 0 unspecified atom stereocenters. The number of aromatic nitrogens is 2. The van der Waals surface area contributed by atoms with E-state index in [1.807, 2.05) is 0 Å². The molecule has 24 heavy (non-hydrogen) atoms. The molecule has 0 aliphatic heterocycles. The Labute approximate surface area is 146 Å². The second kappa shape index (κ2) is 7.37. The molecule has 1 aromatic heterocycles. The van der Waals surface area contributed by atoms with Crippen LogP contribution in [0.25, 0.3) is 0 Å². The molecule has 3 aromatic rings. The molecule has 0 radical (unpaired) electrons. The van der Waals surface area contributed by atoms with Crippen LogP contribution in [0.15, 0.2) is 48.5 Å². The predicted octanol–water partition coefficient (Wildman–Crippen LogP) is 4.16. The SMILES string of the molecule is O=C(Nc1nnc(COc2ccc(F)cc2)s1)c1cccc(Cl)c1. The van der Waals surface area contributed by atoms with Gasteiger partial charge in [0.25, 0.3) is 5.91 Å². The maximum atomic E-state index is 12.8. The van der Waals surface area contributed by atoms with Crippen LogP contribution >= 0.6 is 22.9 Å². The lowest BCUT2D eigenvalue weighted by Gasteiger charge is -2.02. The highest BCUT2D eigenvalue weighted by atomic mass is 35.5. The number of nitrogens with one attached hydrogen (secondary N) is 1. The molecule has 0 bridgehead atoms. The summed E-state index contributed by atoms with van der Waals surface area (Å²) < 4.78 is 18.3. The Hall–Kier alpha value is -2.51. The molecule has 3 rings (SSSR count). The lowest BCUT2D eigenvalue weighted by molar-refractivity contribution is 0.102. The van der Waals surface area contributed by atoms with E-state index in [-0.39, 0.29) is 18.3 Å². The lowest BCUT2D eigenvalue weighted by atomic mass is 10.2. The van der Waals surface area contributed by atoms with E-state index in [9.17, 15) is 9.18 Å². The van der Waals surface area contributed by atoms with Crippen LogP contribution in [-0.4, -0.2) is 16.1 Å². The van der Waals surface area contributed by atoms with Crippen molar-refractivity contribution in [2.75, 3.05) is 5.32 Å². The molecular formula is C16H11ClFN3O2S. The zero-order valence-electron chi connectivity index (χ0n) is 12.2. The molecule has 5 nitrogen and oxygen atoms in total.